The second-order valence-electron chi connectivity index (χ2n) is 6.88. The van der Waals surface area contributed by atoms with Crippen molar-refractivity contribution < 1.29 is 32.0 Å². The molecule has 0 saturated heterocycles. The van der Waals surface area contributed by atoms with Crippen molar-refractivity contribution in [2.45, 2.75) is 38.1 Å². The fourth-order valence-electron chi connectivity index (χ4n) is 1.70. The van der Waals surface area contributed by atoms with Crippen LogP contribution in [0.1, 0.15) is 43.1 Å². The van der Waals surface area contributed by atoms with Gasteiger partial charge in [0.15, 0.2) is 0 Å². The highest BCUT2D eigenvalue weighted by atomic mass is 32.3. The van der Waals surface area contributed by atoms with Gasteiger partial charge in [0, 0.05) is 11.2 Å². The van der Waals surface area contributed by atoms with Gasteiger partial charge in [-0.1, -0.05) is 20.8 Å². The summed E-state index contributed by atoms with van der Waals surface area (Å²) in [6.45, 7) is 6.68. The Bertz CT molecular complexity index is 607. The number of hydrogen-bond acceptors (Lipinski definition) is 3. The molecule has 0 saturated carbocycles. The van der Waals surface area contributed by atoms with E-state index >= 15 is 0 Å². The van der Waals surface area contributed by atoms with Crippen LogP contribution >= 0.6 is 10.3 Å². The van der Waals surface area contributed by atoms with Crippen LogP contribution in [0.25, 0.3) is 0 Å². The first-order valence-corrected chi connectivity index (χ1v) is 10.1. The van der Waals surface area contributed by atoms with Crippen LogP contribution in [0.4, 0.5) is 13.2 Å². The van der Waals surface area contributed by atoms with Crippen LogP contribution in [-0.4, -0.2) is 41.5 Å². The molecule has 0 aliphatic rings. The Morgan fingerprint density at radius 2 is 1.76 bits per heavy atom. The first-order valence-electron chi connectivity index (χ1n) is 7.70. The summed E-state index contributed by atoms with van der Waals surface area (Å²) in [6.07, 6.45) is -0.166. The summed E-state index contributed by atoms with van der Waals surface area (Å²) in [5.41, 5.74) is -1.52. The van der Waals surface area contributed by atoms with Crippen LogP contribution in [0, 0.1) is 0 Å². The summed E-state index contributed by atoms with van der Waals surface area (Å²) >= 11 is 0. The summed E-state index contributed by atoms with van der Waals surface area (Å²) < 4.78 is 50.3. The Balaban J connectivity index is 2.68. The van der Waals surface area contributed by atoms with Crippen molar-refractivity contribution in [3.8, 4) is 5.75 Å². The van der Waals surface area contributed by atoms with E-state index < -0.39 is 33.6 Å². The minimum atomic E-state index is -4.68. The van der Waals surface area contributed by atoms with Crippen LogP contribution in [0.5, 0.6) is 5.75 Å². The highest BCUT2D eigenvalue weighted by Gasteiger charge is 2.35. The normalized spacial score (nSPS) is 13.6. The Kier molecular flexibility index (Phi) is 6.81. The highest BCUT2D eigenvalue weighted by Crippen LogP contribution is 2.53. The minimum absolute atomic E-state index is 0.00394. The van der Waals surface area contributed by atoms with Crippen LogP contribution in [0.2, 0.25) is 0 Å². The SMILES string of the molecule is CC(C)(C)S(C)(C)OCCCOc1ccc(C(=O)O)cc1C(F)(F)F. The molecule has 1 aromatic rings. The van der Waals surface area contributed by atoms with Gasteiger partial charge in [0.25, 0.3) is 0 Å². The molecule has 0 amide bonds. The van der Waals surface area contributed by atoms with E-state index in [9.17, 15) is 18.0 Å². The average Bonchev–Trinajstić information content (AvgIpc) is 2.44. The molecule has 1 aromatic carbocycles. The Hall–Kier alpha value is -1.41. The average molecular weight is 382 g/mol. The van der Waals surface area contributed by atoms with Gasteiger partial charge >= 0.3 is 12.1 Å². The third kappa shape index (κ3) is 6.11. The lowest BCUT2D eigenvalue weighted by atomic mass is 10.1. The van der Waals surface area contributed by atoms with E-state index in [-0.39, 0.29) is 17.1 Å². The van der Waals surface area contributed by atoms with Crippen LogP contribution in [0.3, 0.4) is 0 Å². The summed E-state index contributed by atoms with van der Waals surface area (Å²) in [6, 6.07) is 2.72. The number of benzene rings is 1. The van der Waals surface area contributed by atoms with E-state index in [0.29, 0.717) is 19.1 Å². The molecule has 144 valence electrons. The fraction of sp³-hybridized carbons (Fsp3) is 0.588. The Morgan fingerprint density at radius 3 is 2.24 bits per heavy atom. The topological polar surface area (TPSA) is 55.8 Å². The summed E-state index contributed by atoms with van der Waals surface area (Å²) in [4.78, 5) is 10.8. The maximum atomic E-state index is 13.1. The van der Waals surface area contributed by atoms with Crippen molar-refractivity contribution in [1.82, 2.24) is 0 Å². The van der Waals surface area contributed by atoms with Crippen molar-refractivity contribution in [2.24, 2.45) is 0 Å². The first kappa shape index (κ1) is 21.6. The van der Waals surface area contributed by atoms with Gasteiger partial charge in [-0.3, -0.25) is 0 Å². The van der Waals surface area contributed by atoms with E-state index in [1.54, 1.807) is 0 Å². The van der Waals surface area contributed by atoms with Gasteiger partial charge in [0.2, 0.25) is 0 Å². The van der Waals surface area contributed by atoms with Crippen molar-refractivity contribution >= 4 is 16.3 Å². The second-order valence-corrected chi connectivity index (χ2v) is 10.8. The predicted molar refractivity (Wildman–Crippen MR) is 93.7 cm³/mol. The minimum Gasteiger partial charge on any atom is -0.493 e. The van der Waals surface area contributed by atoms with Crippen LogP contribution < -0.4 is 4.74 Å². The molecule has 0 unspecified atom stereocenters. The molecule has 1 N–H and O–H groups in total. The van der Waals surface area contributed by atoms with Crippen LogP contribution in [0.15, 0.2) is 18.2 Å². The monoisotopic (exact) mass is 382 g/mol. The van der Waals surface area contributed by atoms with Crippen LogP contribution in [-0.2, 0) is 10.4 Å². The van der Waals surface area contributed by atoms with Gasteiger partial charge < -0.3 is 14.0 Å². The molecule has 0 aromatic heterocycles. The molecule has 0 heterocycles. The van der Waals surface area contributed by atoms with Gasteiger partial charge in [0.05, 0.1) is 24.3 Å². The second kappa shape index (κ2) is 7.86. The number of carbonyl (C=O) groups is 1. The lowest BCUT2D eigenvalue weighted by molar-refractivity contribution is -0.139. The zero-order chi connectivity index (χ0) is 19.5. The zero-order valence-corrected chi connectivity index (χ0v) is 15.9. The van der Waals surface area contributed by atoms with E-state index in [1.807, 2.05) is 12.5 Å². The van der Waals surface area contributed by atoms with E-state index in [1.165, 1.54) is 0 Å². The lowest BCUT2D eigenvalue weighted by Crippen LogP contribution is -2.25. The van der Waals surface area contributed by atoms with Crippen molar-refractivity contribution in [3.05, 3.63) is 29.3 Å². The number of carboxylic acid groups (broad SMARTS) is 1. The molecule has 0 atom stereocenters. The zero-order valence-electron chi connectivity index (χ0n) is 15.1. The smallest absolute Gasteiger partial charge is 0.419 e. The van der Waals surface area contributed by atoms with Crippen molar-refractivity contribution in [1.29, 1.82) is 0 Å². The molecule has 4 nitrogen and oxygen atoms in total. The summed E-state index contributed by atoms with van der Waals surface area (Å²) in [5, 5.41) is 8.83. The lowest BCUT2D eigenvalue weighted by Gasteiger charge is -2.43. The number of halogens is 3. The van der Waals surface area contributed by atoms with Crippen molar-refractivity contribution in [2.75, 3.05) is 25.7 Å². The maximum absolute atomic E-state index is 13.1. The largest absolute Gasteiger partial charge is 0.493 e. The predicted octanol–water partition coefficient (Wildman–Crippen LogP) is 4.97. The van der Waals surface area contributed by atoms with E-state index in [0.717, 1.165) is 12.1 Å². The van der Waals surface area contributed by atoms with Crippen molar-refractivity contribution in [3.63, 3.8) is 0 Å². The quantitative estimate of drug-likeness (QED) is 0.677. The van der Waals surface area contributed by atoms with Gasteiger partial charge in [-0.2, -0.15) is 13.2 Å². The molecule has 1 rings (SSSR count). The standard InChI is InChI=1S/C17H25F3O4S/c1-16(2,3)25(4,5)24-10-6-9-23-14-8-7-12(15(21)22)11-13(14)17(18,19)20/h7-8,11H,6,9-10H2,1-5H3,(H,21,22). The molecule has 0 aliphatic heterocycles. The molecule has 0 aliphatic carbocycles. The first-order chi connectivity index (χ1) is 11.3. The molecular weight excluding hydrogens is 357 g/mol. The molecule has 8 heteroatoms. The van der Waals surface area contributed by atoms with E-state index in [2.05, 4.69) is 20.8 Å². The molecule has 0 spiro atoms. The number of ether oxygens (including phenoxy) is 1. The van der Waals surface area contributed by atoms with Gasteiger partial charge in [-0.25, -0.2) is 4.79 Å². The maximum Gasteiger partial charge on any atom is 0.419 e. The fourth-order valence-corrected chi connectivity index (χ4v) is 2.58. The summed E-state index contributed by atoms with van der Waals surface area (Å²) in [7, 11) is -1.29. The number of carboxylic acids is 1. The molecule has 0 bridgehead atoms. The Labute approximate surface area is 147 Å². The Morgan fingerprint density at radius 1 is 1.16 bits per heavy atom. The summed E-state index contributed by atoms with van der Waals surface area (Å²) in [5.74, 6) is -1.79. The molecule has 25 heavy (non-hydrogen) atoms. The van der Waals surface area contributed by atoms with E-state index in [4.69, 9.17) is 14.0 Å². The van der Waals surface area contributed by atoms with Gasteiger partial charge in [-0.05, 0) is 30.7 Å². The molecule has 0 fully saturated rings. The molecular formula is C17H25F3O4S. The third-order valence-corrected chi connectivity index (χ3v) is 7.64. The van der Waals surface area contributed by atoms with Gasteiger partial charge in [0.1, 0.15) is 5.75 Å². The number of aromatic carboxylic acids is 1. The molecule has 0 radical (unpaired) electrons. The number of hydrogen-bond donors (Lipinski definition) is 1. The number of alkyl halides is 3. The highest BCUT2D eigenvalue weighted by molar-refractivity contribution is 8.29. The van der Waals surface area contributed by atoms with Gasteiger partial charge in [-0.15, -0.1) is 10.3 Å². The number of rotatable bonds is 7. The third-order valence-electron chi connectivity index (χ3n) is 3.93.